The Kier molecular flexibility index (Phi) is 4.97. The van der Waals surface area contributed by atoms with Gasteiger partial charge in [-0.3, -0.25) is 0 Å². The third-order valence-corrected chi connectivity index (χ3v) is 6.53. The Morgan fingerprint density at radius 2 is 1.63 bits per heavy atom. The first-order valence-electron chi connectivity index (χ1n) is 10.7. The Hall–Kier alpha value is -2.82. The van der Waals surface area contributed by atoms with Gasteiger partial charge < -0.3 is 9.64 Å². The molecule has 0 bridgehead atoms. The van der Waals surface area contributed by atoms with Crippen LogP contribution in [0.5, 0.6) is 5.75 Å². The molecule has 2 heterocycles. The normalized spacial score (nSPS) is 22.5. The molecule has 0 radical (unpaired) electrons. The number of rotatable bonds is 4. The fourth-order valence-corrected chi connectivity index (χ4v) is 4.96. The van der Waals surface area contributed by atoms with Crippen LogP contribution in [0.3, 0.4) is 0 Å². The van der Waals surface area contributed by atoms with Gasteiger partial charge in [-0.05, 0) is 37.1 Å². The van der Waals surface area contributed by atoms with Gasteiger partial charge in [-0.25, -0.2) is 10.9 Å². The molecule has 3 aromatic carbocycles. The van der Waals surface area contributed by atoms with Gasteiger partial charge in [0.15, 0.2) is 0 Å². The summed E-state index contributed by atoms with van der Waals surface area (Å²) >= 11 is 0. The molecule has 0 saturated carbocycles. The lowest BCUT2D eigenvalue weighted by Crippen LogP contribution is -2.39. The van der Waals surface area contributed by atoms with Crippen molar-refractivity contribution in [2.75, 3.05) is 18.6 Å². The number of anilines is 1. The highest BCUT2D eigenvalue weighted by Gasteiger charge is 2.43. The van der Waals surface area contributed by atoms with Crippen molar-refractivity contribution in [2.24, 2.45) is 5.92 Å². The van der Waals surface area contributed by atoms with Crippen molar-refractivity contribution in [3.05, 3.63) is 94.5 Å². The molecule has 1 saturated heterocycles. The molecular formula is C26H29N3O. The number of aryl methyl sites for hydroxylation is 2. The van der Waals surface area contributed by atoms with Crippen LogP contribution >= 0.6 is 0 Å². The summed E-state index contributed by atoms with van der Waals surface area (Å²) < 4.78 is 5.63. The van der Waals surface area contributed by atoms with Gasteiger partial charge in [0.05, 0.1) is 19.2 Å². The first-order chi connectivity index (χ1) is 14.6. The van der Waals surface area contributed by atoms with Crippen molar-refractivity contribution in [3.63, 3.8) is 0 Å². The van der Waals surface area contributed by atoms with Crippen LogP contribution < -0.4 is 20.5 Å². The van der Waals surface area contributed by atoms with Crippen LogP contribution in [0, 0.1) is 19.8 Å². The summed E-state index contributed by atoms with van der Waals surface area (Å²) in [5, 5.41) is 0. The van der Waals surface area contributed by atoms with E-state index in [0.29, 0.717) is 12.0 Å². The fraction of sp³-hybridized carbons (Fsp3) is 0.308. The number of hydrazine groups is 1. The maximum atomic E-state index is 5.63. The fourth-order valence-electron chi connectivity index (χ4n) is 4.96. The highest BCUT2D eigenvalue weighted by atomic mass is 16.5. The Morgan fingerprint density at radius 3 is 2.43 bits per heavy atom. The number of ether oxygens (including phenoxy) is 1. The maximum Gasteiger partial charge on any atom is 0.123 e. The van der Waals surface area contributed by atoms with E-state index in [2.05, 4.69) is 84.2 Å². The van der Waals surface area contributed by atoms with Crippen molar-refractivity contribution in [3.8, 4) is 5.75 Å². The molecule has 30 heavy (non-hydrogen) atoms. The van der Waals surface area contributed by atoms with Crippen LogP contribution in [0.4, 0.5) is 5.69 Å². The van der Waals surface area contributed by atoms with E-state index in [1.54, 1.807) is 7.11 Å². The summed E-state index contributed by atoms with van der Waals surface area (Å²) in [6, 6.07) is 24.7. The monoisotopic (exact) mass is 399 g/mol. The van der Waals surface area contributed by atoms with E-state index in [9.17, 15) is 0 Å². The van der Waals surface area contributed by atoms with Gasteiger partial charge in [-0.2, -0.15) is 0 Å². The third kappa shape index (κ3) is 3.36. The number of para-hydroxylation sites is 1. The zero-order valence-corrected chi connectivity index (χ0v) is 17.9. The Morgan fingerprint density at radius 1 is 0.900 bits per heavy atom. The number of benzene rings is 3. The highest BCUT2D eigenvalue weighted by molar-refractivity contribution is 5.60. The number of nitrogens with zero attached hydrogens (tertiary/aromatic N) is 1. The Balaban J connectivity index is 1.52. The zero-order valence-electron chi connectivity index (χ0n) is 17.9. The minimum absolute atomic E-state index is 0.282. The van der Waals surface area contributed by atoms with Crippen LogP contribution in [-0.4, -0.2) is 13.7 Å². The second-order valence-electron chi connectivity index (χ2n) is 8.57. The van der Waals surface area contributed by atoms with Gasteiger partial charge in [0.25, 0.3) is 0 Å². The molecule has 2 aliphatic rings. The summed E-state index contributed by atoms with van der Waals surface area (Å²) in [7, 11) is 1.75. The molecule has 3 atom stereocenters. The largest absolute Gasteiger partial charge is 0.496 e. The van der Waals surface area contributed by atoms with Crippen molar-refractivity contribution in [1.82, 2.24) is 10.9 Å². The van der Waals surface area contributed by atoms with Gasteiger partial charge in [-0.1, -0.05) is 65.7 Å². The van der Waals surface area contributed by atoms with E-state index >= 15 is 0 Å². The molecule has 1 fully saturated rings. The molecule has 3 unspecified atom stereocenters. The molecule has 5 rings (SSSR count). The average Bonchev–Trinajstić information content (AvgIpc) is 3.18. The van der Waals surface area contributed by atoms with Crippen LogP contribution in [-0.2, 0) is 6.54 Å². The number of nitrogens with one attached hydrogen (secondary N) is 2. The lowest BCUT2D eigenvalue weighted by molar-refractivity contribution is 0.393. The van der Waals surface area contributed by atoms with Crippen molar-refractivity contribution in [1.29, 1.82) is 0 Å². The first kappa shape index (κ1) is 19.2. The predicted octanol–water partition coefficient (Wildman–Crippen LogP) is 4.84. The minimum atomic E-state index is 0.282. The minimum Gasteiger partial charge on any atom is -0.496 e. The van der Waals surface area contributed by atoms with E-state index in [1.807, 2.05) is 12.1 Å². The third-order valence-electron chi connectivity index (χ3n) is 6.53. The molecule has 4 nitrogen and oxygen atoms in total. The van der Waals surface area contributed by atoms with Crippen LogP contribution in [0.1, 0.15) is 39.9 Å². The zero-order chi connectivity index (χ0) is 20.7. The van der Waals surface area contributed by atoms with E-state index in [1.165, 1.54) is 33.5 Å². The van der Waals surface area contributed by atoms with Crippen LogP contribution in [0.25, 0.3) is 0 Å². The number of methoxy groups -OCH3 is 1. The molecule has 154 valence electrons. The molecule has 4 heteroatoms. The second kappa shape index (κ2) is 7.78. The first-order valence-corrected chi connectivity index (χ1v) is 10.7. The standard InChI is InChI=1S/C26H29N3O/c1-17-8-11-19(12-9-17)25-22-16-29(15-20-6-4-5-7-24(20)30-3)23-13-10-18(2)14-21(23)26(22)28-27-25/h4-14,22,25-28H,15-16H2,1-3H3. The van der Waals surface area contributed by atoms with Crippen LogP contribution in [0.15, 0.2) is 66.7 Å². The highest BCUT2D eigenvalue weighted by Crippen LogP contribution is 2.46. The summed E-state index contributed by atoms with van der Waals surface area (Å²) in [5.41, 5.74) is 15.1. The maximum absolute atomic E-state index is 5.63. The molecule has 0 aliphatic carbocycles. The van der Waals surface area contributed by atoms with E-state index in [0.717, 1.165) is 18.8 Å². The molecule has 0 amide bonds. The Bertz CT molecular complexity index is 1050. The lowest BCUT2D eigenvalue weighted by Gasteiger charge is -2.39. The SMILES string of the molecule is COc1ccccc1CN1CC2C(c3ccc(C)cc3)NNC2c2cc(C)ccc21. The van der Waals surface area contributed by atoms with Gasteiger partial charge in [0, 0.05) is 30.3 Å². The molecule has 3 aromatic rings. The van der Waals surface area contributed by atoms with Crippen molar-refractivity contribution in [2.45, 2.75) is 32.5 Å². The smallest absolute Gasteiger partial charge is 0.123 e. The topological polar surface area (TPSA) is 36.5 Å². The van der Waals surface area contributed by atoms with Crippen LogP contribution in [0.2, 0.25) is 0 Å². The van der Waals surface area contributed by atoms with E-state index < -0.39 is 0 Å². The van der Waals surface area contributed by atoms with Crippen molar-refractivity contribution < 1.29 is 4.74 Å². The molecule has 2 N–H and O–H groups in total. The van der Waals surface area contributed by atoms with E-state index in [-0.39, 0.29) is 6.04 Å². The molecule has 0 aromatic heterocycles. The second-order valence-corrected chi connectivity index (χ2v) is 8.57. The lowest BCUT2D eigenvalue weighted by atomic mass is 9.81. The molecule has 2 aliphatic heterocycles. The average molecular weight is 400 g/mol. The van der Waals surface area contributed by atoms with Gasteiger partial charge >= 0.3 is 0 Å². The summed E-state index contributed by atoms with van der Waals surface area (Å²) in [4.78, 5) is 2.52. The summed E-state index contributed by atoms with van der Waals surface area (Å²) in [6.07, 6.45) is 0. The van der Waals surface area contributed by atoms with Crippen molar-refractivity contribution >= 4 is 5.69 Å². The Labute approximate surface area is 178 Å². The quantitative estimate of drug-likeness (QED) is 0.658. The summed E-state index contributed by atoms with van der Waals surface area (Å²) in [5.74, 6) is 1.39. The number of fused-ring (bicyclic) bond motifs is 3. The van der Waals surface area contributed by atoms with Gasteiger partial charge in [-0.15, -0.1) is 0 Å². The summed E-state index contributed by atoms with van der Waals surface area (Å²) in [6.45, 7) is 6.14. The predicted molar refractivity (Wildman–Crippen MR) is 122 cm³/mol. The number of hydrogen-bond donors (Lipinski definition) is 2. The number of hydrogen-bond acceptors (Lipinski definition) is 4. The molecule has 0 spiro atoms. The van der Waals surface area contributed by atoms with E-state index in [4.69, 9.17) is 4.74 Å². The molecular weight excluding hydrogens is 370 g/mol. The van der Waals surface area contributed by atoms with Gasteiger partial charge in [0.1, 0.15) is 5.75 Å². The van der Waals surface area contributed by atoms with Gasteiger partial charge in [0.2, 0.25) is 0 Å².